The lowest BCUT2D eigenvalue weighted by Gasteiger charge is -2.09. The first-order valence-corrected chi connectivity index (χ1v) is 12.1. The van der Waals surface area contributed by atoms with Crippen LogP contribution >= 0.6 is 34.5 Å². The number of hydrogen-bond donors (Lipinski definition) is 0. The molecule has 4 nitrogen and oxygen atoms in total. The monoisotopic (exact) mass is 462 g/mol. The summed E-state index contributed by atoms with van der Waals surface area (Å²) in [7, 11) is -3.27. The van der Waals surface area contributed by atoms with Gasteiger partial charge in [0.05, 0.1) is 26.2 Å². The minimum atomic E-state index is -3.27. The highest BCUT2D eigenvalue weighted by molar-refractivity contribution is 7.90. The zero-order valence-corrected chi connectivity index (χ0v) is 18.7. The van der Waals surface area contributed by atoms with Crippen LogP contribution in [0.25, 0.3) is 26.8 Å². The minimum Gasteiger partial charge on any atom is -0.297 e. The first-order chi connectivity index (χ1) is 13.7. The van der Waals surface area contributed by atoms with E-state index < -0.39 is 9.84 Å². The fraction of sp³-hybridized carbons (Fsp3) is 0.0952. The number of thiophene rings is 1. The molecule has 0 unspecified atom stereocenters. The van der Waals surface area contributed by atoms with Gasteiger partial charge in [0.15, 0.2) is 15.7 Å². The van der Waals surface area contributed by atoms with Crippen LogP contribution in [-0.4, -0.2) is 24.2 Å². The van der Waals surface area contributed by atoms with E-state index in [9.17, 15) is 8.42 Å². The fourth-order valence-corrected chi connectivity index (χ4v) is 5.05. The number of nitrogens with zero attached hydrogens (tertiary/aromatic N) is 2. The quantitative estimate of drug-likeness (QED) is 0.358. The van der Waals surface area contributed by atoms with Crippen LogP contribution in [0.15, 0.2) is 65.7 Å². The van der Waals surface area contributed by atoms with E-state index >= 15 is 0 Å². The van der Waals surface area contributed by atoms with Crippen LogP contribution in [0, 0.1) is 6.92 Å². The average Bonchev–Trinajstić information content (AvgIpc) is 3.30. The lowest BCUT2D eigenvalue weighted by molar-refractivity contribution is 0.602. The van der Waals surface area contributed by atoms with Gasteiger partial charge in [-0.3, -0.25) is 4.57 Å². The molecule has 0 radical (unpaired) electrons. The molecule has 148 valence electrons. The van der Waals surface area contributed by atoms with Gasteiger partial charge < -0.3 is 0 Å². The minimum absolute atomic E-state index is 0.299. The third-order valence-corrected chi connectivity index (χ3v) is 7.16. The lowest BCUT2D eigenvalue weighted by Crippen LogP contribution is -1.96. The van der Waals surface area contributed by atoms with Gasteiger partial charge in [0.25, 0.3) is 0 Å². The molecule has 0 amide bonds. The number of aryl methyl sites for hydroxylation is 1. The summed E-state index contributed by atoms with van der Waals surface area (Å²) in [6.07, 6.45) is 3.12. The first-order valence-electron chi connectivity index (χ1n) is 8.64. The number of halogens is 2. The summed E-state index contributed by atoms with van der Waals surface area (Å²) in [6.45, 7) is 1.92. The van der Waals surface area contributed by atoms with E-state index in [2.05, 4.69) is 4.98 Å². The Morgan fingerprint density at radius 2 is 1.76 bits per heavy atom. The predicted molar refractivity (Wildman–Crippen MR) is 120 cm³/mol. The summed E-state index contributed by atoms with van der Waals surface area (Å²) in [5, 5.41) is 1.16. The van der Waals surface area contributed by atoms with Gasteiger partial charge in [0, 0.05) is 22.4 Å². The Labute approximate surface area is 183 Å². The number of hydrogen-bond acceptors (Lipinski definition) is 4. The van der Waals surface area contributed by atoms with Crippen LogP contribution in [0.1, 0.15) is 5.69 Å². The number of benzene rings is 2. The molecule has 0 aliphatic carbocycles. The van der Waals surface area contributed by atoms with E-state index in [0.717, 1.165) is 32.5 Å². The lowest BCUT2D eigenvalue weighted by atomic mass is 10.2. The summed E-state index contributed by atoms with van der Waals surface area (Å²) in [6, 6.07) is 16.2. The maximum atomic E-state index is 11.9. The van der Waals surface area contributed by atoms with Crippen LogP contribution in [-0.2, 0) is 9.84 Å². The third-order valence-electron chi connectivity index (χ3n) is 4.37. The molecule has 0 atom stereocenters. The average molecular weight is 463 g/mol. The summed E-state index contributed by atoms with van der Waals surface area (Å²) in [5.41, 5.74) is 2.45. The molecule has 2 aromatic heterocycles. The molecular formula is C21H16Cl2N2O2S2. The number of rotatable bonds is 4. The van der Waals surface area contributed by atoms with Crippen LogP contribution in [0.4, 0.5) is 0 Å². The molecule has 29 heavy (non-hydrogen) atoms. The summed E-state index contributed by atoms with van der Waals surface area (Å²) >= 11 is 14.1. The zero-order chi connectivity index (χ0) is 20.8. The molecule has 0 saturated heterocycles. The van der Waals surface area contributed by atoms with Gasteiger partial charge in [-0.15, -0.1) is 11.3 Å². The molecule has 0 fully saturated rings. The van der Waals surface area contributed by atoms with E-state index in [1.165, 1.54) is 17.6 Å². The second-order valence-electron chi connectivity index (χ2n) is 6.64. The Balaban J connectivity index is 1.80. The summed E-state index contributed by atoms with van der Waals surface area (Å²) in [5.74, 6) is 0.752. The van der Waals surface area contributed by atoms with E-state index in [1.54, 1.807) is 36.4 Å². The Bertz CT molecular complexity index is 1320. The molecule has 0 saturated carbocycles. The topological polar surface area (TPSA) is 52.0 Å². The van der Waals surface area contributed by atoms with Gasteiger partial charge in [-0.05, 0) is 55.0 Å². The Hall–Kier alpha value is -2.12. The SMILES string of the molecule is Cc1cn(-c2cc(Cl)ccc2Cl)c(-c2ccc(-c3cccc(S(C)(=O)=O)c3)s2)n1. The smallest absolute Gasteiger partial charge is 0.175 e. The molecule has 0 aliphatic heterocycles. The van der Waals surface area contributed by atoms with Gasteiger partial charge in [-0.2, -0.15) is 0 Å². The standard InChI is InChI=1S/C21H16Cl2N2O2S2/c1-13-12-25(18-11-15(22)6-7-17(18)23)21(24-13)20-9-8-19(28-20)14-4-3-5-16(10-14)29(2,26)27/h3-12H,1-2H3. The van der Waals surface area contributed by atoms with Gasteiger partial charge in [-0.25, -0.2) is 13.4 Å². The van der Waals surface area contributed by atoms with Crippen molar-refractivity contribution >= 4 is 44.4 Å². The van der Waals surface area contributed by atoms with Crippen molar-refractivity contribution in [2.75, 3.05) is 6.26 Å². The predicted octanol–water partition coefficient (Wildman–Crippen LogP) is 6.29. The normalized spacial score (nSPS) is 11.7. The molecule has 2 heterocycles. The highest BCUT2D eigenvalue weighted by atomic mass is 35.5. The number of aromatic nitrogens is 2. The van der Waals surface area contributed by atoms with E-state index in [1.807, 2.05) is 35.9 Å². The largest absolute Gasteiger partial charge is 0.297 e. The molecule has 4 aromatic rings. The maximum absolute atomic E-state index is 11.9. The van der Waals surface area contributed by atoms with Gasteiger partial charge >= 0.3 is 0 Å². The van der Waals surface area contributed by atoms with Crippen molar-refractivity contribution in [2.45, 2.75) is 11.8 Å². The highest BCUT2D eigenvalue weighted by Crippen LogP contribution is 2.37. The highest BCUT2D eigenvalue weighted by Gasteiger charge is 2.16. The van der Waals surface area contributed by atoms with Crippen LogP contribution < -0.4 is 0 Å². The third kappa shape index (κ3) is 4.12. The van der Waals surface area contributed by atoms with Crippen molar-refractivity contribution in [2.24, 2.45) is 0 Å². The second-order valence-corrected chi connectivity index (χ2v) is 10.6. The maximum Gasteiger partial charge on any atom is 0.175 e. The molecule has 0 N–H and O–H groups in total. The molecule has 0 aliphatic rings. The second kappa shape index (κ2) is 7.61. The van der Waals surface area contributed by atoms with Crippen LogP contribution in [0.3, 0.4) is 0 Å². The van der Waals surface area contributed by atoms with E-state index in [0.29, 0.717) is 14.9 Å². The molecule has 0 bridgehead atoms. The molecule has 8 heteroatoms. The molecular weight excluding hydrogens is 447 g/mol. The van der Waals surface area contributed by atoms with Crippen LogP contribution in [0.5, 0.6) is 0 Å². The summed E-state index contributed by atoms with van der Waals surface area (Å²) < 4.78 is 25.7. The van der Waals surface area contributed by atoms with Crippen LogP contribution in [0.2, 0.25) is 10.0 Å². The van der Waals surface area contributed by atoms with E-state index in [-0.39, 0.29) is 0 Å². The molecule has 4 rings (SSSR count). The number of sulfone groups is 1. The Morgan fingerprint density at radius 3 is 2.52 bits per heavy atom. The number of imidazole rings is 1. The summed E-state index contributed by atoms with van der Waals surface area (Å²) in [4.78, 5) is 6.86. The van der Waals surface area contributed by atoms with Gasteiger partial charge in [0.2, 0.25) is 0 Å². The molecule has 0 spiro atoms. The zero-order valence-electron chi connectivity index (χ0n) is 15.6. The Morgan fingerprint density at radius 1 is 1.00 bits per heavy atom. The van der Waals surface area contributed by atoms with Crippen molar-refractivity contribution in [3.63, 3.8) is 0 Å². The van der Waals surface area contributed by atoms with Crippen molar-refractivity contribution in [3.8, 4) is 26.8 Å². The van der Waals surface area contributed by atoms with Crippen molar-refractivity contribution < 1.29 is 8.42 Å². The fourth-order valence-electron chi connectivity index (χ4n) is 3.02. The van der Waals surface area contributed by atoms with Crippen molar-refractivity contribution in [1.82, 2.24) is 9.55 Å². The van der Waals surface area contributed by atoms with Gasteiger partial charge in [-0.1, -0.05) is 35.3 Å². The van der Waals surface area contributed by atoms with Crippen molar-refractivity contribution in [1.29, 1.82) is 0 Å². The first kappa shape index (κ1) is 20.2. The molecule has 2 aromatic carbocycles. The van der Waals surface area contributed by atoms with E-state index in [4.69, 9.17) is 23.2 Å². The van der Waals surface area contributed by atoms with Gasteiger partial charge in [0.1, 0.15) is 0 Å². The van der Waals surface area contributed by atoms with Crippen molar-refractivity contribution in [3.05, 3.63) is 76.5 Å². The Kier molecular flexibility index (Phi) is 5.29.